The normalized spacial score (nSPS) is 10.4. The van der Waals surface area contributed by atoms with Crippen molar-refractivity contribution < 1.29 is 0 Å². The summed E-state index contributed by atoms with van der Waals surface area (Å²) in [4.78, 5) is 10.1. The van der Waals surface area contributed by atoms with Gasteiger partial charge in [0.05, 0.1) is 10.6 Å². The molecule has 0 saturated heterocycles. The molecule has 0 fully saturated rings. The maximum absolute atomic E-state index is 4.52. The first kappa shape index (κ1) is 11.1. The van der Waals surface area contributed by atoms with Crippen molar-refractivity contribution in [3.63, 3.8) is 0 Å². The van der Waals surface area contributed by atoms with Crippen molar-refractivity contribution in [2.45, 2.75) is 20.8 Å². The molecule has 0 bridgehead atoms. The van der Waals surface area contributed by atoms with Crippen LogP contribution in [0.15, 0.2) is 17.5 Å². The quantitative estimate of drug-likeness (QED) is 0.884. The van der Waals surface area contributed by atoms with Crippen LogP contribution in [0.3, 0.4) is 0 Å². The summed E-state index contributed by atoms with van der Waals surface area (Å²) in [5.74, 6) is 1.75. The van der Waals surface area contributed by atoms with E-state index in [9.17, 15) is 0 Å². The molecule has 0 atom stereocenters. The minimum absolute atomic E-state index is 0.810. The summed E-state index contributed by atoms with van der Waals surface area (Å²) in [6, 6.07) is 4.14. The van der Waals surface area contributed by atoms with E-state index in [-0.39, 0.29) is 0 Å². The van der Waals surface area contributed by atoms with Crippen LogP contribution in [0, 0.1) is 13.8 Å². The second kappa shape index (κ2) is 4.61. The molecular formula is C12H15N3S. The van der Waals surface area contributed by atoms with Crippen molar-refractivity contribution in [1.82, 2.24) is 9.97 Å². The number of rotatable bonds is 3. The monoisotopic (exact) mass is 233 g/mol. The van der Waals surface area contributed by atoms with Crippen LogP contribution in [0.1, 0.15) is 18.3 Å². The predicted molar refractivity (Wildman–Crippen MR) is 69.0 cm³/mol. The predicted octanol–water partition coefficient (Wildman–Crippen LogP) is 3.25. The molecule has 16 heavy (non-hydrogen) atoms. The van der Waals surface area contributed by atoms with Gasteiger partial charge in [-0.3, -0.25) is 0 Å². The molecule has 2 aromatic rings. The average Bonchev–Trinajstić information content (AvgIpc) is 2.76. The van der Waals surface area contributed by atoms with Gasteiger partial charge in [0.1, 0.15) is 11.6 Å². The van der Waals surface area contributed by atoms with Gasteiger partial charge in [-0.05, 0) is 32.2 Å². The molecule has 2 heterocycles. The molecule has 84 valence electrons. The lowest BCUT2D eigenvalue weighted by molar-refractivity contribution is 1.02. The van der Waals surface area contributed by atoms with Gasteiger partial charge in [-0.1, -0.05) is 6.07 Å². The van der Waals surface area contributed by atoms with E-state index >= 15 is 0 Å². The summed E-state index contributed by atoms with van der Waals surface area (Å²) in [7, 11) is 0. The van der Waals surface area contributed by atoms with E-state index in [4.69, 9.17) is 0 Å². The van der Waals surface area contributed by atoms with Crippen LogP contribution in [-0.2, 0) is 0 Å². The molecule has 2 rings (SSSR count). The molecule has 1 N–H and O–H groups in total. The van der Waals surface area contributed by atoms with Gasteiger partial charge in [0.25, 0.3) is 0 Å². The second-order valence-corrected chi connectivity index (χ2v) is 4.55. The Kier molecular flexibility index (Phi) is 3.19. The van der Waals surface area contributed by atoms with Gasteiger partial charge in [-0.15, -0.1) is 11.3 Å². The lowest BCUT2D eigenvalue weighted by Crippen LogP contribution is -2.05. The van der Waals surface area contributed by atoms with Crippen LogP contribution >= 0.6 is 11.3 Å². The summed E-state index contributed by atoms with van der Waals surface area (Å²) in [5.41, 5.74) is 2.16. The lowest BCUT2D eigenvalue weighted by atomic mass is 10.2. The highest BCUT2D eigenvalue weighted by atomic mass is 32.1. The van der Waals surface area contributed by atoms with Gasteiger partial charge < -0.3 is 5.32 Å². The smallest absolute Gasteiger partial charge is 0.133 e. The van der Waals surface area contributed by atoms with E-state index in [2.05, 4.69) is 40.6 Å². The van der Waals surface area contributed by atoms with Crippen LogP contribution in [0.5, 0.6) is 0 Å². The molecule has 0 aliphatic heterocycles. The number of aromatic nitrogens is 2. The summed E-state index contributed by atoms with van der Waals surface area (Å²) < 4.78 is 0. The maximum Gasteiger partial charge on any atom is 0.133 e. The van der Waals surface area contributed by atoms with Gasteiger partial charge in [0.2, 0.25) is 0 Å². The van der Waals surface area contributed by atoms with Gasteiger partial charge in [-0.25, -0.2) is 9.97 Å². The fraction of sp³-hybridized carbons (Fsp3) is 0.333. The van der Waals surface area contributed by atoms with E-state index < -0.39 is 0 Å². The zero-order valence-corrected chi connectivity index (χ0v) is 10.6. The summed E-state index contributed by atoms with van der Waals surface area (Å²) in [6.07, 6.45) is 0. The van der Waals surface area contributed by atoms with Crippen molar-refractivity contribution >= 4 is 17.2 Å². The topological polar surface area (TPSA) is 37.8 Å². The van der Waals surface area contributed by atoms with E-state index in [0.717, 1.165) is 29.4 Å². The number of nitrogens with one attached hydrogen (secondary N) is 1. The molecule has 0 aromatic carbocycles. The molecule has 0 aliphatic rings. The van der Waals surface area contributed by atoms with Crippen LogP contribution in [0.4, 0.5) is 5.82 Å². The SMILES string of the molecule is CCNc1nc(C)nc(-c2cccs2)c1C. The maximum atomic E-state index is 4.52. The van der Waals surface area contributed by atoms with Crippen molar-refractivity contribution in [2.24, 2.45) is 0 Å². The van der Waals surface area contributed by atoms with E-state index in [1.807, 2.05) is 13.0 Å². The largest absolute Gasteiger partial charge is 0.370 e. The molecule has 4 heteroatoms. The van der Waals surface area contributed by atoms with E-state index in [1.54, 1.807) is 11.3 Å². The zero-order valence-electron chi connectivity index (χ0n) is 9.74. The fourth-order valence-corrected chi connectivity index (χ4v) is 2.39. The van der Waals surface area contributed by atoms with Crippen LogP contribution < -0.4 is 5.32 Å². The van der Waals surface area contributed by atoms with Gasteiger partial charge in [-0.2, -0.15) is 0 Å². The summed E-state index contributed by atoms with van der Waals surface area (Å²) in [5, 5.41) is 5.34. The first-order valence-electron chi connectivity index (χ1n) is 5.35. The third-order valence-corrected chi connectivity index (χ3v) is 3.23. The molecule has 0 spiro atoms. The fourth-order valence-electron chi connectivity index (χ4n) is 1.62. The first-order chi connectivity index (χ1) is 7.72. The highest BCUT2D eigenvalue weighted by Crippen LogP contribution is 2.28. The van der Waals surface area contributed by atoms with Gasteiger partial charge in [0.15, 0.2) is 0 Å². The standard InChI is InChI=1S/C12H15N3S/c1-4-13-12-8(2)11(14-9(3)15-12)10-6-5-7-16-10/h5-7H,4H2,1-3H3,(H,13,14,15). The Morgan fingerprint density at radius 1 is 1.31 bits per heavy atom. The molecular weight excluding hydrogens is 218 g/mol. The first-order valence-corrected chi connectivity index (χ1v) is 6.23. The Labute approximate surface area is 99.6 Å². The summed E-state index contributed by atoms with van der Waals surface area (Å²) in [6.45, 7) is 6.94. The van der Waals surface area contributed by atoms with Crippen molar-refractivity contribution in [3.8, 4) is 10.6 Å². The lowest BCUT2D eigenvalue weighted by Gasteiger charge is -2.10. The summed E-state index contributed by atoms with van der Waals surface area (Å²) >= 11 is 1.71. The molecule has 0 saturated carbocycles. The van der Waals surface area contributed by atoms with Crippen LogP contribution in [-0.4, -0.2) is 16.5 Å². The van der Waals surface area contributed by atoms with E-state index in [0.29, 0.717) is 0 Å². The second-order valence-electron chi connectivity index (χ2n) is 3.60. The van der Waals surface area contributed by atoms with Crippen molar-refractivity contribution in [2.75, 3.05) is 11.9 Å². The third kappa shape index (κ3) is 2.07. The van der Waals surface area contributed by atoms with Gasteiger partial charge >= 0.3 is 0 Å². The van der Waals surface area contributed by atoms with Crippen LogP contribution in [0.25, 0.3) is 10.6 Å². The van der Waals surface area contributed by atoms with Crippen molar-refractivity contribution in [1.29, 1.82) is 0 Å². The Morgan fingerprint density at radius 3 is 2.75 bits per heavy atom. The Bertz CT molecular complexity index is 477. The highest BCUT2D eigenvalue weighted by Gasteiger charge is 2.10. The van der Waals surface area contributed by atoms with E-state index in [1.165, 1.54) is 4.88 Å². The molecule has 2 aromatic heterocycles. The average molecular weight is 233 g/mol. The Balaban J connectivity index is 2.53. The third-order valence-electron chi connectivity index (χ3n) is 2.36. The Hall–Kier alpha value is -1.42. The number of hydrogen-bond donors (Lipinski definition) is 1. The molecule has 0 radical (unpaired) electrons. The molecule has 3 nitrogen and oxygen atoms in total. The highest BCUT2D eigenvalue weighted by molar-refractivity contribution is 7.13. The van der Waals surface area contributed by atoms with Crippen molar-refractivity contribution in [3.05, 3.63) is 28.9 Å². The minimum atomic E-state index is 0.810. The molecule has 0 unspecified atom stereocenters. The minimum Gasteiger partial charge on any atom is -0.370 e. The number of nitrogens with zero attached hydrogens (tertiary/aromatic N) is 2. The number of thiophene rings is 1. The van der Waals surface area contributed by atoms with Crippen LogP contribution in [0.2, 0.25) is 0 Å². The number of anilines is 1. The molecule has 0 amide bonds. The zero-order chi connectivity index (χ0) is 11.5. The Morgan fingerprint density at radius 2 is 2.12 bits per heavy atom. The number of hydrogen-bond acceptors (Lipinski definition) is 4. The number of aryl methyl sites for hydroxylation is 1. The molecule has 0 aliphatic carbocycles. The van der Waals surface area contributed by atoms with Gasteiger partial charge in [0, 0.05) is 12.1 Å².